The summed E-state index contributed by atoms with van der Waals surface area (Å²) in [6, 6.07) is 3.23. The summed E-state index contributed by atoms with van der Waals surface area (Å²) in [5.41, 5.74) is 5.54. The summed E-state index contributed by atoms with van der Waals surface area (Å²) < 4.78 is 5.56. The van der Waals surface area contributed by atoms with Crippen molar-refractivity contribution >= 4 is 29.5 Å². The summed E-state index contributed by atoms with van der Waals surface area (Å²) in [6.07, 6.45) is 0.391. The maximum absolute atomic E-state index is 12.7. The Labute approximate surface area is 154 Å². The van der Waals surface area contributed by atoms with Crippen LogP contribution in [-0.4, -0.2) is 46.6 Å². The van der Waals surface area contributed by atoms with Gasteiger partial charge in [0.15, 0.2) is 6.10 Å². The van der Waals surface area contributed by atoms with E-state index >= 15 is 0 Å². The fourth-order valence-corrected chi connectivity index (χ4v) is 3.21. The van der Waals surface area contributed by atoms with Crippen LogP contribution in [0.4, 0.5) is 0 Å². The van der Waals surface area contributed by atoms with Crippen molar-refractivity contribution in [3.8, 4) is 5.75 Å². The molecule has 2 aliphatic heterocycles. The number of primary amides is 1. The summed E-state index contributed by atoms with van der Waals surface area (Å²) >= 11 is 0. The van der Waals surface area contributed by atoms with Crippen molar-refractivity contribution in [2.24, 2.45) is 5.73 Å². The molecule has 9 heteroatoms. The van der Waals surface area contributed by atoms with Gasteiger partial charge in [-0.1, -0.05) is 13.3 Å². The summed E-state index contributed by atoms with van der Waals surface area (Å²) in [7, 11) is 0. The number of amides is 5. The molecule has 9 nitrogen and oxygen atoms in total. The fourth-order valence-electron chi connectivity index (χ4n) is 3.21. The predicted octanol–water partition coefficient (Wildman–Crippen LogP) is 0.121. The van der Waals surface area contributed by atoms with Crippen molar-refractivity contribution in [1.82, 2.24) is 10.2 Å². The number of benzene rings is 1. The van der Waals surface area contributed by atoms with Crippen LogP contribution in [0.2, 0.25) is 0 Å². The van der Waals surface area contributed by atoms with E-state index in [4.69, 9.17) is 10.5 Å². The fraction of sp³-hybridized carbons (Fsp3) is 0.389. The van der Waals surface area contributed by atoms with E-state index in [1.807, 2.05) is 6.92 Å². The highest BCUT2D eigenvalue weighted by molar-refractivity contribution is 6.23. The Morgan fingerprint density at radius 2 is 1.96 bits per heavy atom. The number of piperidine rings is 1. The number of carbonyl (C=O) groups is 5. The van der Waals surface area contributed by atoms with Gasteiger partial charge in [0.05, 0.1) is 11.1 Å². The maximum Gasteiger partial charge on any atom is 0.262 e. The molecule has 0 spiro atoms. The number of hydrogen-bond acceptors (Lipinski definition) is 6. The molecule has 142 valence electrons. The molecular formula is C18H19N3O6. The lowest BCUT2D eigenvalue weighted by Gasteiger charge is -2.27. The number of carbonyl (C=O) groups excluding carboxylic acids is 5. The van der Waals surface area contributed by atoms with Crippen molar-refractivity contribution in [3.05, 3.63) is 29.3 Å². The molecule has 2 heterocycles. The minimum atomic E-state index is -1.03. The number of nitrogens with one attached hydrogen (secondary N) is 1. The first kappa shape index (κ1) is 18.6. The van der Waals surface area contributed by atoms with E-state index in [1.165, 1.54) is 18.2 Å². The third kappa shape index (κ3) is 3.40. The lowest BCUT2D eigenvalue weighted by molar-refractivity contribution is -0.136. The zero-order valence-corrected chi connectivity index (χ0v) is 14.7. The normalized spacial score (nSPS) is 20.3. The number of rotatable bonds is 6. The molecule has 0 aromatic heterocycles. The summed E-state index contributed by atoms with van der Waals surface area (Å²) in [4.78, 5) is 61.0. The number of hydrogen-bond donors (Lipinski definition) is 2. The number of nitrogens with zero attached hydrogens (tertiary/aromatic N) is 1. The molecule has 0 aliphatic carbocycles. The number of imide groups is 2. The zero-order chi connectivity index (χ0) is 19.7. The topological polar surface area (TPSA) is 136 Å². The molecule has 1 saturated heterocycles. The molecule has 0 saturated carbocycles. The van der Waals surface area contributed by atoms with Crippen molar-refractivity contribution in [2.45, 2.75) is 44.8 Å². The van der Waals surface area contributed by atoms with Gasteiger partial charge in [0, 0.05) is 6.42 Å². The van der Waals surface area contributed by atoms with Gasteiger partial charge in [-0.3, -0.25) is 34.2 Å². The quantitative estimate of drug-likeness (QED) is 0.680. The second kappa shape index (κ2) is 7.18. The van der Waals surface area contributed by atoms with E-state index in [1.54, 1.807) is 0 Å². The largest absolute Gasteiger partial charge is 0.481 e. The average molecular weight is 373 g/mol. The third-order valence-corrected chi connectivity index (χ3v) is 4.56. The molecule has 27 heavy (non-hydrogen) atoms. The van der Waals surface area contributed by atoms with Crippen molar-refractivity contribution < 1.29 is 28.7 Å². The molecule has 2 aliphatic rings. The lowest BCUT2D eigenvalue weighted by Crippen LogP contribution is -2.54. The van der Waals surface area contributed by atoms with Crippen molar-refractivity contribution in [3.63, 3.8) is 0 Å². The Hall–Kier alpha value is -3.23. The Balaban J connectivity index is 1.85. The van der Waals surface area contributed by atoms with Gasteiger partial charge in [-0.2, -0.15) is 0 Å². The summed E-state index contributed by atoms with van der Waals surface area (Å²) in [6.45, 7) is 1.88. The van der Waals surface area contributed by atoms with E-state index in [2.05, 4.69) is 5.32 Å². The van der Waals surface area contributed by atoms with E-state index in [0.29, 0.717) is 12.8 Å². The van der Waals surface area contributed by atoms with Crippen molar-refractivity contribution in [1.29, 1.82) is 0 Å². The van der Waals surface area contributed by atoms with Gasteiger partial charge < -0.3 is 10.5 Å². The Bertz CT molecular complexity index is 849. The van der Waals surface area contributed by atoms with E-state index in [9.17, 15) is 24.0 Å². The summed E-state index contributed by atoms with van der Waals surface area (Å²) in [5, 5.41) is 2.14. The standard InChI is InChI=1S/C18H19N3O6/c1-2-3-13(15(19)23)27-9-4-5-10-11(8-9)18(26)21(17(10)25)12-6-7-14(22)20-16(12)24/h4-5,8,12-13H,2-3,6-7H2,1H3,(H2,19,23)(H,20,22,24). The first-order valence-corrected chi connectivity index (χ1v) is 8.65. The highest BCUT2D eigenvalue weighted by Crippen LogP contribution is 2.30. The van der Waals surface area contributed by atoms with Gasteiger partial charge in [0.2, 0.25) is 11.8 Å². The second-order valence-corrected chi connectivity index (χ2v) is 6.45. The van der Waals surface area contributed by atoms with Crippen LogP contribution in [0.25, 0.3) is 0 Å². The van der Waals surface area contributed by atoms with Crippen molar-refractivity contribution in [2.75, 3.05) is 0 Å². The predicted molar refractivity (Wildman–Crippen MR) is 91.6 cm³/mol. The second-order valence-electron chi connectivity index (χ2n) is 6.45. The van der Waals surface area contributed by atoms with Gasteiger partial charge >= 0.3 is 0 Å². The van der Waals surface area contributed by atoms with Crippen LogP contribution in [0, 0.1) is 0 Å². The zero-order valence-electron chi connectivity index (χ0n) is 14.7. The Kier molecular flexibility index (Phi) is 4.93. The van der Waals surface area contributed by atoms with Crippen LogP contribution in [0.3, 0.4) is 0 Å². The molecule has 1 aromatic carbocycles. The van der Waals surface area contributed by atoms with Crippen LogP contribution < -0.4 is 15.8 Å². The Morgan fingerprint density at radius 3 is 2.59 bits per heavy atom. The molecule has 5 amide bonds. The molecule has 0 radical (unpaired) electrons. The third-order valence-electron chi connectivity index (χ3n) is 4.56. The van der Waals surface area contributed by atoms with Gasteiger partial charge in [0.25, 0.3) is 17.7 Å². The highest BCUT2D eigenvalue weighted by Gasteiger charge is 2.44. The average Bonchev–Trinajstić information content (AvgIpc) is 2.86. The minimum absolute atomic E-state index is 0.0511. The van der Waals surface area contributed by atoms with E-state index in [-0.39, 0.29) is 29.7 Å². The van der Waals surface area contributed by atoms with Crippen LogP contribution in [0.15, 0.2) is 18.2 Å². The minimum Gasteiger partial charge on any atom is -0.481 e. The number of ether oxygens (including phenoxy) is 1. The first-order chi connectivity index (χ1) is 12.8. The van der Waals surface area contributed by atoms with Gasteiger partial charge in [0.1, 0.15) is 11.8 Å². The lowest BCUT2D eigenvalue weighted by atomic mass is 10.0. The maximum atomic E-state index is 12.7. The van der Waals surface area contributed by atoms with Crippen LogP contribution in [0.5, 0.6) is 5.75 Å². The monoisotopic (exact) mass is 373 g/mol. The first-order valence-electron chi connectivity index (χ1n) is 8.65. The van der Waals surface area contributed by atoms with E-state index in [0.717, 1.165) is 4.90 Å². The molecule has 2 unspecified atom stereocenters. The van der Waals surface area contributed by atoms with Gasteiger partial charge in [-0.15, -0.1) is 0 Å². The molecule has 0 bridgehead atoms. The van der Waals surface area contributed by atoms with Crippen LogP contribution >= 0.6 is 0 Å². The van der Waals surface area contributed by atoms with Gasteiger partial charge in [-0.25, -0.2) is 0 Å². The van der Waals surface area contributed by atoms with Crippen LogP contribution in [-0.2, 0) is 14.4 Å². The molecule has 1 fully saturated rings. The summed E-state index contributed by atoms with van der Waals surface area (Å²) in [5.74, 6) is -2.73. The smallest absolute Gasteiger partial charge is 0.262 e. The van der Waals surface area contributed by atoms with E-state index < -0.39 is 41.7 Å². The number of nitrogens with two attached hydrogens (primary N) is 1. The molecule has 1 aromatic rings. The molecule has 2 atom stereocenters. The SMILES string of the molecule is CCCC(Oc1ccc2c(c1)C(=O)N(C1CCC(=O)NC1=O)C2=O)C(N)=O. The van der Waals surface area contributed by atoms with Gasteiger partial charge in [-0.05, 0) is 31.0 Å². The Morgan fingerprint density at radius 1 is 1.26 bits per heavy atom. The van der Waals surface area contributed by atoms with Crippen LogP contribution in [0.1, 0.15) is 53.3 Å². The molecule has 3 rings (SSSR count). The highest BCUT2D eigenvalue weighted by atomic mass is 16.5. The molecular weight excluding hydrogens is 354 g/mol. The number of fused-ring (bicyclic) bond motifs is 1. The molecule has 3 N–H and O–H groups in total.